The van der Waals surface area contributed by atoms with E-state index in [9.17, 15) is 14.4 Å². The Labute approximate surface area is 100 Å². The summed E-state index contributed by atoms with van der Waals surface area (Å²) in [6.07, 6.45) is 0.776. The van der Waals surface area contributed by atoms with Crippen molar-refractivity contribution in [3.05, 3.63) is 0 Å². The van der Waals surface area contributed by atoms with Gasteiger partial charge in [-0.3, -0.25) is 14.4 Å². The van der Waals surface area contributed by atoms with Crippen LogP contribution in [0.2, 0.25) is 0 Å². The Morgan fingerprint density at radius 3 is 2.47 bits per heavy atom. The number of ether oxygens (including phenoxy) is 1. The quantitative estimate of drug-likeness (QED) is 0.357. The van der Waals surface area contributed by atoms with Gasteiger partial charge in [-0.1, -0.05) is 0 Å². The van der Waals surface area contributed by atoms with E-state index in [1.165, 1.54) is 0 Å². The number of nitrogens with one attached hydrogen (secondary N) is 2. The number of carbonyl (C=O) groups excluding carboxylic acids is 3. The molecule has 0 rings (SSSR count). The summed E-state index contributed by atoms with van der Waals surface area (Å²) in [7, 11) is 0. The number of hydrogen-bond acceptors (Lipinski definition) is 5. The molecule has 0 aliphatic heterocycles. The van der Waals surface area contributed by atoms with Crippen LogP contribution in [0.4, 0.5) is 0 Å². The van der Waals surface area contributed by atoms with Crippen molar-refractivity contribution in [3.63, 3.8) is 0 Å². The van der Waals surface area contributed by atoms with Crippen LogP contribution in [0.15, 0.2) is 0 Å². The summed E-state index contributed by atoms with van der Waals surface area (Å²) < 4.78 is 4.72. The summed E-state index contributed by atoms with van der Waals surface area (Å²) in [5.74, 6) is -0.972. The fourth-order valence-electron chi connectivity index (χ4n) is 1.01. The van der Waals surface area contributed by atoms with Gasteiger partial charge in [0.15, 0.2) is 0 Å². The molecule has 7 heteroatoms. The van der Waals surface area contributed by atoms with E-state index in [0.29, 0.717) is 19.6 Å². The van der Waals surface area contributed by atoms with Crippen molar-refractivity contribution >= 4 is 17.8 Å². The lowest BCUT2D eigenvalue weighted by atomic mass is 10.3. The first kappa shape index (κ1) is 15.4. The molecule has 0 saturated carbocycles. The van der Waals surface area contributed by atoms with Crippen LogP contribution in [0.3, 0.4) is 0 Å². The first-order valence-corrected chi connectivity index (χ1v) is 5.49. The van der Waals surface area contributed by atoms with Gasteiger partial charge in [0.05, 0.1) is 19.7 Å². The number of hydrogen-bond donors (Lipinski definition) is 3. The molecular weight excluding hydrogens is 226 g/mol. The third kappa shape index (κ3) is 9.31. The SMILES string of the molecule is CCOC(=O)CCCNC(=O)CNC(=O)CN. The van der Waals surface area contributed by atoms with Gasteiger partial charge in [-0.2, -0.15) is 0 Å². The highest BCUT2D eigenvalue weighted by atomic mass is 16.5. The van der Waals surface area contributed by atoms with Crippen molar-refractivity contribution < 1.29 is 19.1 Å². The minimum atomic E-state index is -0.383. The highest BCUT2D eigenvalue weighted by molar-refractivity contribution is 5.85. The Balaban J connectivity index is 3.45. The van der Waals surface area contributed by atoms with E-state index < -0.39 is 0 Å². The van der Waals surface area contributed by atoms with Crippen LogP contribution >= 0.6 is 0 Å². The van der Waals surface area contributed by atoms with Gasteiger partial charge in [-0.05, 0) is 13.3 Å². The van der Waals surface area contributed by atoms with Crippen molar-refractivity contribution in [3.8, 4) is 0 Å². The minimum Gasteiger partial charge on any atom is -0.466 e. The fourth-order valence-corrected chi connectivity index (χ4v) is 1.01. The second-order valence-corrected chi connectivity index (χ2v) is 3.24. The average Bonchev–Trinajstić information content (AvgIpc) is 2.32. The normalized spacial score (nSPS) is 9.53. The lowest BCUT2D eigenvalue weighted by molar-refractivity contribution is -0.143. The van der Waals surface area contributed by atoms with Crippen molar-refractivity contribution in [2.45, 2.75) is 19.8 Å². The standard InChI is InChI=1S/C10H19N3O4/c1-2-17-10(16)4-3-5-12-9(15)7-13-8(14)6-11/h2-7,11H2,1H3,(H,12,15)(H,13,14). The molecule has 17 heavy (non-hydrogen) atoms. The lowest BCUT2D eigenvalue weighted by Gasteiger charge is -2.06. The maximum absolute atomic E-state index is 11.2. The highest BCUT2D eigenvalue weighted by Gasteiger charge is 2.04. The summed E-state index contributed by atoms with van der Waals surface area (Å²) in [6, 6.07) is 0. The highest BCUT2D eigenvalue weighted by Crippen LogP contribution is 1.90. The Hall–Kier alpha value is -1.63. The van der Waals surface area contributed by atoms with Gasteiger partial charge in [0.2, 0.25) is 11.8 Å². The summed E-state index contributed by atoms with van der Waals surface area (Å²) in [5, 5.41) is 4.89. The molecule has 0 aliphatic carbocycles. The van der Waals surface area contributed by atoms with Crippen molar-refractivity contribution in [1.29, 1.82) is 0 Å². The summed E-state index contributed by atoms with van der Waals surface area (Å²) in [5.41, 5.74) is 5.05. The second-order valence-electron chi connectivity index (χ2n) is 3.24. The van der Waals surface area contributed by atoms with Crippen molar-refractivity contribution in [1.82, 2.24) is 10.6 Å². The van der Waals surface area contributed by atoms with Crippen LogP contribution in [-0.4, -0.2) is 44.0 Å². The number of carbonyl (C=O) groups is 3. The monoisotopic (exact) mass is 245 g/mol. The summed E-state index contributed by atoms with van der Waals surface area (Å²) in [6.45, 7) is 2.22. The molecule has 0 aromatic heterocycles. The maximum atomic E-state index is 11.2. The number of nitrogens with two attached hydrogens (primary N) is 1. The molecule has 0 unspecified atom stereocenters. The van der Waals surface area contributed by atoms with Gasteiger partial charge in [0.1, 0.15) is 0 Å². The Bertz CT molecular complexity index is 268. The molecule has 4 N–H and O–H groups in total. The molecule has 0 bridgehead atoms. The zero-order valence-corrected chi connectivity index (χ0v) is 9.95. The molecule has 0 saturated heterocycles. The Kier molecular flexibility index (Phi) is 8.67. The Morgan fingerprint density at radius 2 is 1.88 bits per heavy atom. The molecule has 0 aliphatic rings. The van der Waals surface area contributed by atoms with Gasteiger partial charge in [-0.15, -0.1) is 0 Å². The fraction of sp³-hybridized carbons (Fsp3) is 0.700. The van der Waals surface area contributed by atoms with Crippen molar-refractivity contribution in [2.24, 2.45) is 5.73 Å². The topological polar surface area (TPSA) is 111 Å². The number of amides is 2. The summed E-state index contributed by atoms with van der Waals surface area (Å²) in [4.78, 5) is 32.8. The smallest absolute Gasteiger partial charge is 0.305 e. The van der Waals surface area contributed by atoms with Crippen LogP contribution in [0.5, 0.6) is 0 Å². The zero-order chi connectivity index (χ0) is 13.1. The van der Waals surface area contributed by atoms with E-state index in [2.05, 4.69) is 10.6 Å². The molecule has 0 fully saturated rings. The van der Waals surface area contributed by atoms with Gasteiger partial charge in [-0.25, -0.2) is 0 Å². The molecule has 98 valence electrons. The van der Waals surface area contributed by atoms with Crippen molar-refractivity contribution in [2.75, 3.05) is 26.2 Å². The van der Waals surface area contributed by atoms with Crippen LogP contribution in [0, 0.1) is 0 Å². The predicted octanol–water partition coefficient (Wildman–Crippen LogP) is -1.48. The summed E-state index contributed by atoms with van der Waals surface area (Å²) >= 11 is 0. The molecule has 0 aromatic rings. The maximum Gasteiger partial charge on any atom is 0.305 e. The van der Waals surface area contributed by atoms with E-state index >= 15 is 0 Å². The van der Waals surface area contributed by atoms with Gasteiger partial charge < -0.3 is 21.1 Å². The van der Waals surface area contributed by atoms with E-state index in [1.807, 2.05) is 0 Å². The molecule has 0 aromatic carbocycles. The van der Waals surface area contributed by atoms with Crippen LogP contribution < -0.4 is 16.4 Å². The molecule has 0 radical (unpaired) electrons. The molecule has 0 atom stereocenters. The average molecular weight is 245 g/mol. The molecule has 0 spiro atoms. The third-order valence-electron chi connectivity index (χ3n) is 1.82. The molecule has 2 amide bonds. The molecule has 7 nitrogen and oxygen atoms in total. The second kappa shape index (κ2) is 9.59. The molecule has 0 heterocycles. The number of rotatable bonds is 8. The lowest BCUT2D eigenvalue weighted by Crippen LogP contribution is -2.39. The Morgan fingerprint density at radius 1 is 1.18 bits per heavy atom. The van der Waals surface area contributed by atoms with Crippen LogP contribution in [-0.2, 0) is 19.1 Å². The predicted molar refractivity (Wildman–Crippen MR) is 60.9 cm³/mol. The van der Waals surface area contributed by atoms with E-state index in [4.69, 9.17) is 10.5 Å². The van der Waals surface area contributed by atoms with E-state index in [-0.39, 0.29) is 37.3 Å². The van der Waals surface area contributed by atoms with E-state index in [1.54, 1.807) is 6.92 Å². The molecular formula is C10H19N3O4. The van der Waals surface area contributed by atoms with Gasteiger partial charge in [0, 0.05) is 13.0 Å². The van der Waals surface area contributed by atoms with Crippen LogP contribution in [0.1, 0.15) is 19.8 Å². The largest absolute Gasteiger partial charge is 0.466 e. The van der Waals surface area contributed by atoms with Gasteiger partial charge in [0.25, 0.3) is 0 Å². The first-order chi connectivity index (χ1) is 8.10. The zero-order valence-electron chi connectivity index (χ0n) is 9.95. The third-order valence-corrected chi connectivity index (χ3v) is 1.82. The van der Waals surface area contributed by atoms with Gasteiger partial charge >= 0.3 is 5.97 Å². The minimum absolute atomic E-state index is 0.102. The first-order valence-electron chi connectivity index (χ1n) is 5.49. The van der Waals surface area contributed by atoms with Crippen LogP contribution in [0.25, 0.3) is 0 Å². The van der Waals surface area contributed by atoms with E-state index in [0.717, 1.165) is 0 Å². The number of esters is 1.